The van der Waals surface area contributed by atoms with E-state index in [1.807, 2.05) is 11.1 Å². The molecule has 2 aliphatic rings. The SMILES string of the molecule is CC1CCCC(C)N1NS(=O)(=O)c1ccc2c(c1)CNC2. The molecule has 3 rings (SSSR count). The van der Waals surface area contributed by atoms with Crippen LogP contribution in [0.15, 0.2) is 23.1 Å². The molecule has 2 aliphatic heterocycles. The highest BCUT2D eigenvalue weighted by Gasteiger charge is 2.29. The van der Waals surface area contributed by atoms with Gasteiger partial charge in [-0.15, -0.1) is 4.83 Å². The first-order chi connectivity index (χ1) is 9.97. The van der Waals surface area contributed by atoms with E-state index in [-0.39, 0.29) is 12.1 Å². The lowest BCUT2D eigenvalue weighted by Gasteiger charge is -2.38. The fourth-order valence-electron chi connectivity index (χ4n) is 3.23. The molecule has 0 saturated carbocycles. The van der Waals surface area contributed by atoms with E-state index in [4.69, 9.17) is 0 Å². The normalized spacial score (nSPS) is 26.8. The summed E-state index contributed by atoms with van der Waals surface area (Å²) in [5.41, 5.74) is 2.27. The smallest absolute Gasteiger partial charge is 0.253 e. The Morgan fingerprint density at radius 3 is 2.52 bits per heavy atom. The molecule has 1 saturated heterocycles. The van der Waals surface area contributed by atoms with Crippen molar-refractivity contribution >= 4 is 10.0 Å². The highest BCUT2D eigenvalue weighted by Crippen LogP contribution is 2.24. The van der Waals surface area contributed by atoms with E-state index in [0.29, 0.717) is 4.90 Å². The number of nitrogens with one attached hydrogen (secondary N) is 2. The number of piperidine rings is 1. The zero-order valence-electron chi connectivity index (χ0n) is 12.6. The fourth-order valence-corrected chi connectivity index (χ4v) is 4.52. The Kier molecular flexibility index (Phi) is 4.05. The lowest BCUT2D eigenvalue weighted by molar-refractivity contribution is 0.0790. The molecule has 2 heterocycles. The van der Waals surface area contributed by atoms with Gasteiger partial charge in [-0.25, -0.2) is 13.4 Å². The number of benzene rings is 1. The highest BCUT2D eigenvalue weighted by molar-refractivity contribution is 7.89. The van der Waals surface area contributed by atoms with Crippen LogP contribution < -0.4 is 10.1 Å². The molecule has 0 spiro atoms. The molecular formula is C15H23N3O2S. The first kappa shape index (κ1) is 15.0. The summed E-state index contributed by atoms with van der Waals surface area (Å²) in [5, 5.41) is 5.13. The van der Waals surface area contributed by atoms with Crippen molar-refractivity contribution in [1.29, 1.82) is 0 Å². The number of hydrazine groups is 1. The molecule has 0 aliphatic carbocycles. The molecule has 2 unspecified atom stereocenters. The third-order valence-electron chi connectivity index (χ3n) is 4.54. The summed E-state index contributed by atoms with van der Waals surface area (Å²) in [7, 11) is -3.50. The second kappa shape index (κ2) is 5.68. The van der Waals surface area contributed by atoms with Crippen molar-refractivity contribution in [3.63, 3.8) is 0 Å². The van der Waals surface area contributed by atoms with E-state index < -0.39 is 10.0 Å². The zero-order valence-corrected chi connectivity index (χ0v) is 13.4. The summed E-state index contributed by atoms with van der Waals surface area (Å²) in [6.07, 6.45) is 3.22. The van der Waals surface area contributed by atoms with E-state index in [9.17, 15) is 8.42 Å². The zero-order chi connectivity index (χ0) is 15.0. The predicted molar refractivity (Wildman–Crippen MR) is 81.9 cm³/mol. The van der Waals surface area contributed by atoms with Crippen LogP contribution in [-0.4, -0.2) is 25.5 Å². The van der Waals surface area contributed by atoms with Gasteiger partial charge in [-0.1, -0.05) is 12.5 Å². The monoisotopic (exact) mass is 309 g/mol. The van der Waals surface area contributed by atoms with Gasteiger partial charge in [-0.05, 0) is 49.9 Å². The summed E-state index contributed by atoms with van der Waals surface area (Å²) >= 11 is 0. The van der Waals surface area contributed by atoms with E-state index in [0.717, 1.165) is 37.9 Å². The van der Waals surface area contributed by atoms with Crippen molar-refractivity contribution in [3.8, 4) is 0 Å². The summed E-state index contributed by atoms with van der Waals surface area (Å²) in [4.78, 5) is 3.14. The van der Waals surface area contributed by atoms with Crippen LogP contribution in [0.1, 0.15) is 44.2 Å². The van der Waals surface area contributed by atoms with Crippen LogP contribution in [0.5, 0.6) is 0 Å². The molecule has 1 aromatic rings. The van der Waals surface area contributed by atoms with E-state index in [1.54, 1.807) is 12.1 Å². The Morgan fingerprint density at radius 1 is 1.14 bits per heavy atom. The molecule has 116 valence electrons. The minimum Gasteiger partial charge on any atom is -0.309 e. The molecule has 6 heteroatoms. The van der Waals surface area contributed by atoms with Gasteiger partial charge in [0.25, 0.3) is 10.0 Å². The van der Waals surface area contributed by atoms with E-state index in [1.165, 1.54) is 5.56 Å². The standard InChI is InChI=1S/C15H23N3O2S/c1-11-4-3-5-12(2)18(11)17-21(19,20)15-7-6-13-9-16-10-14(13)8-15/h6-8,11-12,16-17H,3-5,9-10H2,1-2H3. The van der Waals surface area contributed by atoms with Gasteiger partial charge < -0.3 is 5.32 Å². The van der Waals surface area contributed by atoms with Gasteiger partial charge in [0.15, 0.2) is 0 Å². The number of nitrogens with zero attached hydrogens (tertiary/aromatic N) is 1. The average Bonchev–Trinajstić information content (AvgIpc) is 2.90. The van der Waals surface area contributed by atoms with Crippen LogP contribution in [0.25, 0.3) is 0 Å². The summed E-state index contributed by atoms with van der Waals surface area (Å²) in [6, 6.07) is 5.87. The second-order valence-electron chi connectivity index (χ2n) is 6.17. The molecule has 1 aromatic carbocycles. The molecule has 0 bridgehead atoms. The Bertz CT molecular complexity index is 620. The van der Waals surface area contributed by atoms with Crippen LogP contribution in [0.3, 0.4) is 0 Å². The molecular weight excluding hydrogens is 286 g/mol. The van der Waals surface area contributed by atoms with Gasteiger partial charge in [-0.2, -0.15) is 0 Å². The van der Waals surface area contributed by atoms with Crippen LogP contribution in [0, 0.1) is 0 Å². The molecule has 0 aromatic heterocycles. The highest BCUT2D eigenvalue weighted by atomic mass is 32.2. The Balaban J connectivity index is 1.83. The summed E-state index contributed by atoms with van der Waals surface area (Å²) in [6.45, 7) is 5.72. The second-order valence-corrected chi connectivity index (χ2v) is 7.83. The minimum atomic E-state index is -3.50. The molecule has 2 N–H and O–H groups in total. The van der Waals surface area contributed by atoms with Gasteiger partial charge in [-0.3, -0.25) is 0 Å². The number of sulfonamides is 1. The van der Waals surface area contributed by atoms with E-state index >= 15 is 0 Å². The third-order valence-corrected chi connectivity index (χ3v) is 5.86. The largest absolute Gasteiger partial charge is 0.309 e. The summed E-state index contributed by atoms with van der Waals surface area (Å²) in [5.74, 6) is 0. The molecule has 5 nitrogen and oxygen atoms in total. The van der Waals surface area contributed by atoms with Crippen molar-refractivity contribution in [3.05, 3.63) is 29.3 Å². The van der Waals surface area contributed by atoms with E-state index in [2.05, 4.69) is 24.0 Å². The van der Waals surface area contributed by atoms with Crippen molar-refractivity contribution in [2.24, 2.45) is 0 Å². The third kappa shape index (κ3) is 2.99. The average molecular weight is 309 g/mol. The Morgan fingerprint density at radius 2 is 1.81 bits per heavy atom. The molecule has 1 fully saturated rings. The summed E-state index contributed by atoms with van der Waals surface area (Å²) < 4.78 is 25.2. The van der Waals surface area contributed by atoms with Gasteiger partial charge in [0.05, 0.1) is 4.90 Å². The lowest BCUT2D eigenvalue weighted by atomic mass is 10.0. The van der Waals surface area contributed by atoms with Gasteiger partial charge in [0.2, 0.25) is 0 Å². The number of hydrogen-bond acceptors (Lipinski definition) is 4. The van der Waals surface area contributed by atoms with Crippen LogP contribution in [0.2, 0.25) is 0 Å². The first-order valence-electron chi connectivity index (χ1n) is 7.61. The fraction of sp³-hybridized carbons (Fsp3) is 0.600. The van der Waals surface area contributed by atoms with Crippen molar-refractivity contribution in [2.45, 2.75) is 63.2 Å². The van der Waals surface area contributed by atoms with Gasteiger partial charge >= 0.3 is 0 Å². The Labute approximate surface area is 126 Å². The van der Waals surface area contributed by atoms with Crippen LogP contribution in [-0.2, 0) is 23.1 Å². The number of hydrogen-bond donors (Lipinski definition) is 2. The van der Waals surface area contributed by atoms with Gasteiger partial charge in [0.1, 0.15) is 0 Å². The topological polar surface area (TPSA) is 61.4 Å². The predicted octanol–water partition coefficient (Wildman–Crippen LogP) is 1.75. The molecule has 0 radical (unpaired) electrons. The van der Waals surface area contributed by atoms with Crippen molar-refractivity contribution in [1.82, 2.24) is 15.2 Å². The maximum absolute atomic E-state index is 12.6. The minimum absolute atomic E-state index is 0.236. The maximum atomic E-state index is 12.6. The first-order valence-corrected chi connectivity index (χ1v) is 9.09. The lowest BCUT2D eigenvalue weighted by Crippen LogP contribution is -2.53. The van der Waals surface area contributed by atoms with Gasteiger partial charge in [0, 0.05) is 25.2 Å². The van der Waals surface area contributed by atoms with Crippen molar-refractivity contribution in [2.75, 3.05) is 0 Å². The molecule has 0 amide bonds. The maximum Gasteiger partial charge on any atom is 0.253 e. The van der Waals surface area contributed by atoms with Crippen molar-refractivity contribution < 1.29 is 8.42 Å². The number of rotatable bonds is 3. The van der Waals surface area contributed by atoms with Crippen LogP contribution >= 0.6 is 0 Å². The molecule has 2 atom stereocenters. The number of fused-ring (bicyclic) bond motifs is 1. The van der Waals surface area contributed by atoms with Crippen LogP contribution in [0.4, 0.5) is 0 Å². The molecule has 21 heavy (non-hydrogen) atoms. The Hall–Kier alpha value is -0.950. The quantitative estimate of drug-likeness (QED) is 0.893.